The van der Waals surface area contributed by atoms with Crippen molar-refractivity contribution in [1.82, 2.24) is 16.0 Å². The maximum atomic E-state index is 12.0. The molecule has 0 aromatic heterocycles. The number of carboxylic acid groups (broad SMARTS) is 2. The molecule has 0 aliphatic rings. The van der Waals surface area contributed by atoms with E-state index in [2.05, 4.69) is 30.7 Å². The first-order chi connectivity index (χ1) is 16.8. The second-order valence-electron chi connectivity index (χ2n) is 6.94. The lowest BCUT2D eigenvalue weighted by Gasteiger charge is -2.19. The van der Waals surface area contributed by atoms with E-state index in [0.717, 1.165) is 0 Å². The molecule has 0 bridgehead atoms. The molecule has 0 aromatic carbocycles. The quantitative estimate of drug-likeness (QED) is 0.0333. The summed E-state index contributed by atoms with van der Waals surface area (Å²) >= 11 is 0. The van der Waals surface area contributed by atoms with E-state index in [-0.39, 0.29) is 51.2 Å². The van der Waals surface area contributed by atoms with E-state index in [0.29, 0.717) is 39.2 Å². The first kappa shape index (κ1) is 31.4. The molecule has 0 saturated heterocycles. The fraction of sp³-hybridized carbons (Fsp3) is 0.737. The lowest BCUT2D eigenvalue weighted by atomic mass is 10.1. The third-order valence-electron chi connectivity index (χ3n) is 4.22. The molecule has 3 amide bonds. The number of unbranched alkanes of at least 4 members (excludes halogenated alkanes) is 1. The molecule has 198 valence electrons. The molecule has 5 N–H and O–H groups in total. The minimum Gasteiger partial charge on any atom is -0.481 e. The first-order valence-corrected chi connectivity index (χ1v) is 10.8. The Kier molecular flexibility index (Phi) is 18.8. The van der Waals surface area contributed by atoms with Crippen LogP contribution < -0.4 is 16.0 Å². The summed E-state index contributed by atoms with van der Waals surface area (Å²) in [6, 6.07) is -2.16. The molecule has 0 rings (SSSR count). The number of carbonyl (C=O) groups excluding carboxylic acids is 3. The first-order valence-electron chi connectivity index (χ1n) is 10.8. The molecular weight excluding hydrogens is 472 g/mol. The number of azide groups is 1. The molecule has 0 aliphatic carbocycles. The zero-order valence-corrected chi connectivity index (χ0v) is 19.2. The molecule has 0 aromatic rings. The summed E-state index contributed by atoms with van der Waals surface area (Å²) in [5, 5.41) is 28.3. The Bertz CT molecular complexity index is 716. The molecule has 2 atom stereocenters. The molecule has 0 unspecified atom stereocenters. The Morgan fingerprint density at radius 1 is 0.971 bits per heavy atom. The number of aliphatic carboxylic acids is 2. The Labute approximate surface area is 201 Å². The van der Waals surface area contributed by atoms with Crippen molar-refractivity contribution in [2.75, 3.05) is 39.5 Å². The summed E-state index contributed by atoms with van der Waals surface area (Å²) in [7, 11) is 0. The van der Waals surface area contributed by atoms with Crippen LogP contribution in [0.2, 0.25) is 0 Å². The SMILES string of the molecule is [N-]=[N+]=NCCOCCOCCC(=O)NCCCC[C@H](NC(=O)N[C@@H](CCC(=O)O)OC=O)C(=O)O. The highest BCUT2D eigenvalue weighted by Gasteiger charge is 2.22. The lowest BCUT2D eigenvalue weighted by molar-refractivity contribution is -0.141. The topological polar surface area (TPSA) is 238 Å². The van der Waals surface area contributed by atoms with Crippen LogP contribution in [0.3, 0.4) is 0 Å². The van der Waals surface area contributed by atoms with Gasteiger partial charge >= 0.3 is 18.0 Å². The number of hydrogen-bond donors (Lipinski definition) is 5. The highest BCUT2D eigenvalue weighted by Crippen LogP contribution is 2.03. The van der Waals surface area contributed by atoms with Crippen LogP contribution in [0.25, 0.3) is 10.4 Å². The number of urea groups is 1. The molecule has 0 aliphatic heterocycles. The maximum Gasteiger partial charge on any atom is 0.326 e. The van der Waals surface area contributed by atoms with Crippen LogP contribution in [0.4, 0.5) is 4.79 Å². The second kappa shape index (κ2) is 20.9. The van der Waals surface area contributed by atoms with E-state index >= 15 is 0 Å². The molecule has 0 heterocycles. The number of nitrogens with one attached hydrogen (secondary N) is 3. The summed E-state index contributed by atoms with van der Waals surface area (Å²) in [5.74, 6) is -2.66. The van der Waals surface area contributed by atoms with Crippen molar-refractivity contribution in [3.8, 4) is 0 Å². The van der Waals surface area contributed by atoms with Crippen LogP contribution in [0.5, 0.6) is 0 Å². The second-order valence-corrected chi connectivity index (χ2v) is 6.94. The van der Waals surface area contributed by atoms with Gasteiger partial charge in [0.2, 0.25) is 5.91 Å². The van der Waals surface area contributed by atoms with Gasteiger partial charge in [-0.2, -0.15) is 0 Å². The molecule has 35 heavy (non-hydrogen) atoms. The molecule has 0 fully saturated rings. The van der Waals surface area contributed by atoms with Gasteiger partial charge < -0.3 is 40.4 Å². The van der Waals surface area contributed by atoms with Crippen molar-refractivity contribution in [2.24, 2.45) is 5.11 Å². The van der Waals surface area contributed by atoms with Gasteiger partial charge in [0, 0.05) is 30.8 Å². The van der Waals surface area contributed by atoms with Crippen molar-refractivity contribution < 1.29 is 48.4 Å². The largest absolute Gasteiger partial charge is 0.481 e. The van der Waals surface area contributed by atoms with Gasteiger partial charge in [0.05, 0.1) is 32.8 Å². The van der Waals surface area contributed by atoms with Gasteiger partial charge in [-0.05, 0) is 24.8 Å². The number of ether oxygens (including phenoxy) is 3. The summed E-state index contributed by atoms with van der Waals surface area (Å²) in [4.78, 5) is 58.8. The average Bonchev–Trinajstić information content (AvgIpc) is 2.80. The Morgan fingerprint density at radius 3 is 2.31 bits per heavy atom. The average molecular weight is 504 g/mol. The van der Waals surface area contributed by atoms with Crippen molar-refractivity contribution in [1.29, 1.82) is 0 Å². The number of carboxylic acids is 2. The number of nitrogens with zero attached hydrogens (tertiary/aromatic N) is 3. The fourth-order valence-electron chi connectivity index (χ4n) is 2.53. The third kappa shape index (κ3) is 19.5. The van der Waals surface area contributed by atoms with Crippen LogP contribution >= 0.6 is 0 Å². The van der Waals surface area contributed by atoms with Gasteiger partial charge in [-0.3, -0.25) is 14.4 Å². The highest BCUT2D eigenvalue weighted by atomic mass is 16.5. The van der Waals surface area contributed by atoms with E-state index in [1.54, 1.807) is 0 Å². The van der Waals surface area contributed by atoms with Crippen LogP contribution in [0.15, 0.2) is 5.11 Å². The van der Waals surface area contributed by atoms with Crippen LogP contribution in [-0.2, 0) is 33.4 Å². The Balaban J connectivity index is 4.02. The van der Waals surface area contributed by atoms with Gasteiger partial charge in [0.25, 0.3) is 6.47 Å². The van der Waals surface area contributed by atoms with Crippen molar-refractivity contribution in [2.45, 2.75) is 50.8 Å². The van der Waals surface area contributed by atoms with Crippen LogP contribution in [-0.4, -0.2) is 92.3 Å². The van der Waals surface area contributed by atoms with Crippen molar-refractivity contribution in [3.05, 3.63) is 10.4 Å². The summed E-state index contributed by atoms with van der Waals surface area (Å²) < 4.78 is 15.0. The third-order valence-corrected chi connectivity index (χ3v) is 4.22. The molecule has 0 saturated carbocycles. The summed E-state index contributed by atoms with van der Waals surface area (Å²) in [6.45, 7) is 1.69. The molecule has 16 nitrogen and oxygen atoms in total. The number of rotatable bonds is 22. The minimum absolute atomic E-state index is 0.0485. The molecule has 0 radical (unpaired) electrons. The van der Waals surface area contributed by atoms with Gasteiger partial charge in [-0.1, -0.05) is 5.11 Å². The van der Waals surface area contributed by atoms with E-state index in [1.807, 2.05) is 0 Å². The zero-order chi connectivity index (χ0) is 26.3. The number of carbonyl (C=O) groups is 5. The molecule has 0 spiro atoms. The number of hydrogen-bond acceptors (Lipinski definition) is 9. The smallest absolute Gasteiger partial charge is 0.326 e. The number of amides is 3. The monoisotopic (exact) mass is 504 g/mol. The molecular formula is C19H32N6O10. The Hall–Kier alpha value is -3.62. The van der Waals surface area contributed by atoms with Gasteiger partial charge in [0.15, 0.2) is 6.23 Å². The highest BCUT2D eigenvalue weighted by molar-refractivity contribution is 5.82. The van der Waals surface area contributed by atoms with Crippen molar-refractivity contribution >= 4 is 30.3 Å². The predicted octanol–water partition coefficient (Wildman–Crippen LogP) is 0.123. The fourth-order valence-corrected chi connectivity index (χ4v) is 2.53. The van der Waals surface area contributed by atoms with Crippen LogP contribution in [0.1, 0.15) is 38.5 Å². The van der Waals surface area contributed by atoms with Crippen molar-refractivity contribution in [3.63, 3.8) is 0 Å². The zero-order valence-electron chi connectivity index (χ0n) is 19.2. The minimum atomic E-state index is -1.28. The predicted molar refractivity (Wildman–Crippen MR) is 118 cm³/mol. The molecule has 16 heteroatoms. The normalized spacial score (nSPS) is 11.9. The van der Waals surface area contributed by atoms with Crippen LogP contribution in [0, 0.1) is 0 Å². The van der Waals surface area contributed by atoms with E-state index < -0.39 is 30.2 Å². The van der Waals surface area contributed by atoms with Gasteiger partial charge in [-0.15, -0.1) is 0 Å². The standard InChI is InChI=1S/C19H32N6O10/c20-25-22-8-10-34-12-11-33-9-6-15(27)21-7-2-1-3-14(18(30)31)23-19(32)24-16(35-13-26)4-5-17(28)29/h13-14,16H,1-12H2,(H,21,27)(H,28,29)(H,30,31)(H2,23,24,32)/t14-,16+/m0/s1. The lowest BCUT2D eigenvalue weighted by Crippen LogP contribution is -2.49. The van der Waals surface area contributed by atoms with E-state index in [4.69, 9.17) is 20.1 Å². The van der Waals surface area contributed by atoms with E-state index in [9.17, 15) is 29.1 Å². The van der Waals surface area contributed by atoms with E-state index in [1.165, 1.54) is 0 Å². The Morgan fingerprint density at radius 2 is 1.69 bits per heavy atom. The maximum absolute atomic E-state index is 12.0. The van der Waals surface area contributed by atoms with Gasteiger partial charge in [-0.25, -0.2) is 9.59 Å². The summed E-state index contributed by atoms with van der Waals surface area (Å²) in [6.07, 6.45) is -0.693. The van der Waals surface area contributed by atoms with Gasteiger partial charge in [0.1, 0.15) is 6.04 Å². The summed E-state index contributed by atoms with van der Waals surface area (Å²) in [5.41, 5.74) is 8.10.